The van der Waals surface area contributed by atoms with Gasteiger partial charge < -0.3 is 15.4 Å². The second-order valence-corrected chi connectivity index (χ2v) is 7.89. The van der Waals surface area contributed by atoms with E-state index in [2.05, 4.69) is 44.4 Å². The number of H-pyrrole nitrogens is 1. The number of rotatable bonds is 7. The molecule has 28 heavy (non-hydrogen) atoms. The van der Waals surface area contributed by atoms with Gasteiger partial charge in [0.05, 0.1) is 12.7 Å². The number of hydrogen-bond donors (Lipinski definition) is 1. The van der Waals surface area contributed by atoms with Crippen LogP contribution in [0.3, 0.4) is 0 Å². The molecule has 0 bridgehead atoms. The average molecular weight is 398 g/mol. The number of aromatic amines is 1. The molecular formula is C21H25N4O2S+. The van der Waals surface area contributed by atoms with Crippen LogP contribution in [0.15, 0.2) is 48.0 Å². The smallest absolute Gasteiger partial charge is 0.313 e. The Morgan fingerprint density at radius 3 is 2.86 bits per heavy atom. The Hall–Kier alpha value is -2.64. The van der Waals surface area contributed by atoms with Crippen LogP contribution in [-0.4, -0.2) is 50.1 Å². The van der Waals surface area contributed by atoms with Gasteiger partial charge in [0.25, 0.3) is 5.69 Å². The number of nitrogens with one attached hydrogen (secondary N) is 1. The van der Waals surface area contributed by atoms with E-state index in [0.29, 0.717) is 18.1 Å². The Kier molecular flexibility index (Phi) is 5.73. The average Bonchev–Trinajstić information content (AvgIpc) is 3.21. The minimum Gasteiger partial charge on any atom is -0.493 e. The maximum absolute atomic E-state index is 11.2. The molecule has 0 saturated carbocycles. The first-order valence-corrected chi connectivity index (χ1v) is 10.5. The number of amides is 1. The zero-order chi connectivity index (χ0) is 19.3. The van der Waals surface area contributed by atoms with Gasteiger partial charge in [-0.3, -0.25) is 9.69 Å². The Balaban J connectivity index is 1.22. The van der Waals surface area contributed by atoms with Crippen LogP contribution in [0.5, 0.6) is 5.75 Å². The number of aromatic nitrogens is 1. The standard InChI is InChI=1S/C21H24N4O2S/c22-21(26)18-15-16(5-7-23-18)27-13-2-8-24-9-11-25(12-10-24)19-3-1-4-20-17(19)6-14-28-20/h1,3-7,14-15H,2,8-13H2,(H2,22,26)/p+1. The summed E-state index contributed by atoms with van der Waals surface area (Å²) in [6.07, 6.45) is 2.62. The molecule has 1 saturated heterocycles. The Bertz CT molecular complexity index is 950. The molecule has 4 rings (SSSR count). The van der Waals surface area contributed by atoms with E-state index in [1.807, 2.05) is 0 Å². The maximum Gasteiger partial charge on any atom is 0.313 e. The quantitative estimate of drug-likeness (QED) is 0.622. The molecule has 1 aliphatic heterocycles. The lowest BCUT2D eigenvalue weighted by Gasteiger charge is -2.36. The summed E-state index contributed by atoms with van der Waals surface area (Å²) in [6.45, 7) is 5.85. The Labute approximate surface area is 168 Å². The molecule has 1 aliphatic rings. The molecule has 3 N–H and O–H groups in total. The van der Waals surface area contributed by atoms with Crippen molar-refractivity contribution in [3.8, 4) is 5.75 Å². The molecule has 1 fully saturated rings. The van der Waals surface area contributed by atoms with Gasteiger partial charge >= 0.3 is 5.91 Å². The van der Waals surface area contributed by atoms with Crippen molar-refractivity contribution in [3.05, 3.63) is 53.7 Å². The van der Waals surface area contributed by atoms with Crippen LogP contribution in [0.2, 0.25) is 0 Å². The van der Waals surface area contributed by atoms with Crippen molar-refractivity contribution in [1.29, 1.82) is 0 Å². The van der Waals surface area contributed by atoms with E-state index in [-0.39, 0.29) is 0 Å². The number of primary amides is 1. The van der Waals surface area contributed by atoms with Crippen molar-refractivity contribution in [2.24, 2.45) is 5.73 Å². The molecule has 1 amide bonds. The monoisotopic (exact) mass is 397 g/mol. The van der Waals surface area contributed by atoms with Gasteiger partial charge in [-0.05, 0) is 30.0 Å². The van der Waals surface area contributed by atoms with Crippen molar-refractivity contribution in [2.45, 2.75) is 6.42 Å². The summed E-state index contributed by atoms with van der Waals surface area (Å²) in [6, 6.07) is 12.3. The lowest BCUT2D eigenvalue weighted by molar-refractivity contribution is -0.382. The number of carbonyl (C=O) groups is 1. The van der Waals surface area contributed by atoms with Crippen molar-refractivity contribution in [2.75, 3.05) is 44.2 Å². The third-order valence-electron chi connectivity index (χ3n) is 5.11. The van der Waals surface area contributed by atoms with E-state index in [4.69, 9.17) is 10.5 Å². The van der Waals surface area contributed by atoms with Crippen LogP contribution < -0.4 is 20.4 Å². The molecule has 0 atom stereocenters. The largest absolute Gasteiger partial charge is 0.493 e. The number of pyridine rings is 1. The number of piperazine rings is 1. The second kappa shape index (κ2) is 8.58. The summed E-state index contributed by atoms with van der Waals surface area (Å²) < 4.78 is 7.11. The number of nitrogens with zero attached hydrogens (tertiary/aromatic N) is 2. The van der Waals surface area contributed by atoms with Crippen LogP contribution in [0, 0.1) is 0 Å². The minimum absolute atomic E-state index is 0.356. The molecule has 7 heteroatoms. The van der Waals surface area contributed by atoms with Crippen LogP contribution in [0.1, 0.15) is 16.9 Å². The highest BCUT2D eigenvalue weighted by molar-refractivity contribution is 7.17. The normalized spacial score (nSPS) is 15.1. The van der Waals surface area contributed by atoms with E-state index in [9.17, 15) is 4.79 Å². The Morgan fingerprint density at radius 2 is 2.04 bits per heavy atom. The van der Waals surface area contributed by atoms with Crippen LogP contribution in [0.25, 0.3) is 10.1 Å². The highest BCUT2D eigenvalue weighted by atomic mass is 32.1. The number of thiophene rings is 1. The van der Waals surface area contributed by atoms with Gasteiger partial charge in [-0.2, -0.15) is 0 Å². The minimum atomic E-state index is -0.485. The summed E-state index contributed by atoms with van der Waals surface area (Å²) in [5.41, 5.74) is 6.99. The predicted molar refractivity (Wildman–Crippen MR) is 112 cm³/mol. The molecular weight excluding hydrogens is 372 g/mol. The number of fused-ring (bicyclic) bond motifs is 1. The lowest BCUT2D eigenvalue weighted by atomic mass is 10.2. The van der Waals surface area contributed by atoms with Gasteiger partial charge in [0.2, 0.25) is 0 Å². The maximum atomic E-state index is 11.2. The fraction of sp³-hybridized carbons (Fsp3) is 0.333. The molecule has 6 nitrogen and oxygen atoms in total. The van der Waals surface area contributed by atoms with Crippen molar-refractivity contribution in [1.82, 2.24) is 4.90 Å². The van der Waals surface area contributed by atoms with E-state index in [0.717, 1.165) is 39.1 Å². The number of ether oxygens (including phenoxy) is 1. The van der Waals surface area contributed by atoms with E-state index < -0.39 is 5.91 Å². The van der Waals surface area contributed by atoms with Gasteiger partial charge in [-0.25, -0.2) is 4.98 Å². The summed E-state index contributed by atoms with van der Waals surface area (Å²) in [5.74, 6) is 0.183. The number of nitrogens with two attached hydrogens (primary N) is 1. The zero-order valence-electron chi connectivity index (χ0n) is 15.8. The van der Waals surface area contributed by atoms with Crippen molar-refractivity contribution >= 4 is 33.0 Å². The SMILES string of the molecule is NC(=O)c1cc(OCCCN2CCN(c3cccc4sccc34)CC2)cc[nH+]1. The molecule has 1 aromatic carbocycles. The molecule has 0 aliphatic carbocycles. The zero-order valence-corrected chi connectivity index (χ0v) is 16.6. The first-order chi connectivity index (χ1) is 13.7. The Morgan fingerprint density at radius 1 is 1.18 bits per heavy atom. The first-order valence-electron chi connectivity index (χ1n) is 9.58. The molecule has 2 aromatic heterocycles. The van der Waals surface area contributed by atoms with Crippen LogP contribution in [-0.2, 0) is 0 Å². The first kappa shape index (κ1) is 18.7. The van der Waals surface area contributed by atoms with Gasteiger partial charge in [0, 0.05) is 54.6 Å². The summed E-state index contributed by atoms with van der Waals surface area (Å²) in [5, 5.41) is 3.53. The molecule has 146 valence electrons. The molecule has 0 unspecified atom stereocenters. The molecule has 0 spiro atoms. The van der Waals surface area contributed by atoms with Crippen LogP contribution in [0.4, 0.5) is 5.69 Å². The van der Waals surface area contributed by atoms with E-state index >= 15 is 0 Å². The van der Waals surface area contributed by atoms with Gasteiger partial charge in [-0.15, -0.1) is 11.3 Å². The number of benzene rings is 1. The third kappa shape index (κ3) is 4.26. The summed E-state index contributed by atoms with van der Waals surface area (Å²) in [4.78, 5) is 19.0. The van der Waals surface area contributed by atoms with E-state index in [1.165, 1.54) is 15.8 Å². The van der Waals surface area contributed by atoms with Gasteiger partial charge in [0.1, 0.15) is 5.75 Å². The second-order valence-electron chi connectivity index (χ2n) is 6.94. The van der Waals surface area contributed by atoms with E-state index in [1.54, 1.807) is 29.7 Å². The van der Waals surface area contributed by atoms with Crippen molar-refractivity contribution in [3.63, 3.8) is 0 Å². The summed E-state index contributed by atoms with van der Waals surface area (Å²) >= 11 is 1.80. The highest BCUT2D eigenvalue weighted by Crippen LogP contribution is 2.31. The molecule has 3 aromatic rings. The number of carbonyl (C=O) groups excluding carboxylic acids is 1. The van der Waals surface area contributed by atoms with Crippen molar-refractivity contribution < 1.29 is 14.5 Å². The predicted octanol–water partition coefficient (Wildman–Crippen LogP) is 2.41. The third-order valence-corrected chi connectivity index (χ3v) is 5.99. The van der Waals surface area contributed by atoms with Gasteiger partial charge in [-0.1, -0.05) is 6.07 Å². The fourth-order valence-electron chi connectivity index (χ4n) is 3.62. The number of hydrogen-bond acceptors (Lipinski definition) is 5. The fourth-order valence-corrected chi connectivity index (χ4v) is 4.43. The summed E-state index contributed by atoms with van der Waals surface area (Å²) in [7, 11) is 0. The molecule has 0 radical (unpaired) electrons. The van der Waals surface area contributed by atoms with Crippen LogP contribution >= 0.6 is 11.3 Å². The number of anilines is 1. The lowest BCUT2D eigenvalue weighted by Crippen LogP contribution is -2.46. The van der Waals surface area contributed by atoms with Gasteiger partial charge in [0.15, 0.2) is 6.20 Å². The topological polar surface area (TPSA) is 72.9 Å². The molecule has 3 heterocycles. The highest BCUT2D eigenvalue weighted by Gasteiger charge is 2.18.